The van der Waals surface area contributed by atoms with Gasteiger partial charge in [0.1, 0.15) is 5.78 Å². The molecule has 5 heteroatoms. The van der Waals surface area contributed by atoms with Gasteiger partial charge in [-0.3, -0.25) is 9.59 Å². The minimum atomic E-state index is -0.385. The number of fused-ring (bicyclic) bond motifs is 2. The molecule has 4 fully saturated rings. The van der Waals surface area contributed by atoms with Gasteiger partial charge in [0.05, 0.1) is 30.8 Å². The number of Topliss-reactive ketones (excluding diaryl/α,β-unsaturated/α-hetero) is 1. The summed E-state index contributed by atoms with van der Waals surface area (Å²) < 4.78 is 12.6. The lowest BCUT2D eigenvalue weighted by molar-refractivity contribution is -0.192. The summed E-state index contributed by atoms with van der Waals surface area (Å²) in [5, 5.41) is 0.765. The highest BCUT2D eigenvalue weighted by Crippen LogP contribution is 2.45. The van der Waals surface area contributed by atoms with Gasteiger partial charge in [0.15, 0.2) is 5.78 Å². The van der Waals surface area contributed by atoms with Crippen molar-refractivity contribution in [2.45, 2.75) is 87.8 Å². The van der Waals surface area contributed by atoms with Crippen LogP contribution in [0.25, 0.3) is 0 Å². The van der Waals surface area contributed by atoms with Gasteiger partial charge in [0, 0.05) is 17.1 Å². The first-order valence-electron chi connectivity index (χ1n) is 12.3. The number of carbonyl (C=O) groups excluding carboxylic acids is 2. The zero-order valence-electron chi connectivity index (χ0n) is 18.9. The van der Waals surface area contributed by atoms with Crippen LogP contribution >= 0.6 is 11.8 Å². The molecule has 0 aromatic heterocycles. The average Bonchev–Trinajstić information content (AvgIpc) is 2.81. The molecule has 0 bridgehead atoms. The molecule has 3 saturated carbocycles. The quantitative estimate of drug-likeness (QED) is 0.399. The van der Waals surface area contributed by atoms with E-state index in [0.29, 0.717) is 18.3 Å². The maximum Gasteiger partial charge on any atom is 0.163 e. The smallest absolute Gasteiger partial charge is 0.163 e. The van der Waals surface area contributed by atoms with E-state index in [1.54, 1.807) is 12.2 Å². The number of rotatable bonds is 7. The van der Waals surface area contributed by atoms with Gasteiger partial charge in [-0.15, -0.1) is 6.58 Å². The van der Waals surface area contributed by atoms with Crippen LogP contribution < -0.4 is 0 Å². The average molecular weight is 447 g/mol. The molecule has 4 aliphatic rings. The van der Waals surface area contributed by atoms with Gasteiger partial charge in [0.25, 0.3) is 0 Å². The van der Waals surface area contributed by atoms with E-state index in [1.807, 2.05) is 11.8 Å². The number of ether oxygens (including phenoxy) is 2. The van der Waals surface area contributed by atoms with Crippen LogP contribution in [-0.4, -0.2) is 48.0 Å². The van der Waals surface area contributed by atoms with Gasteiger partial charge in [-0.05, 0) is 69.6 Å². The fourth-order valence-corrected chi connectivity index (χ4v) is 7.02. The molecule has 31 heavy (non-hydrogen) atoms. The van der Waals surface area contributed by atoms with E-state index in [1.165, 1.54) is 12.8 Å². The second kappa shape index (κ2) is 10.8. The highest BCUT2D eigenvalue weighted by atomic mass is 32.2. The number of carbonyl (C=O) groups is 2. The van der Waals surface area contributed by atoms with E-state index in [0.717, 1.165) is 56.6 Å². The molecule has 4 rings (SSSR count). The number of allylic oxidation sites excluding steroid dienone is 2. The van der Waals surface area contributed by atoms with Crippen molar-refractivity contribution in [3.05, 3.63) is 24.8 Å². The van der Waals surface area contributed by atoms with E-state index in [4.69, 9.17) is 9.47 Å². The Hall–Kier alpha value is -0.910. The maximum atomic E-state index is 13.5. The van der Waals surface area contributed by atoms with Gasteiger partial charge >= 0.3 is 0 Å². The lowest BCUT2D eigenvalue weighted by Gasteiger charge is -2.49. The fraction of sp³-hybridized carbons (Fsp3) is 0.769. The van der Waals surface area contributed by atoms with Gasteiger partial charge in [-0.2, -0.15) is 11.8 Å². The van der Waals surface area contributed by atoms with Crippen molar-refractivity contribution in [3.63, 3.8) is 0 Å². The molecule has 3 aliphatic carbocycles. The molecule has 4 nitrogen and oxygen atoms in total. The first kappa shape index (κ1) is 23.3. The van der Waals surface area contributed by atoms with Crippen molar-refractivity contribution in [1.29, 1.82) is 0 Å². The highest BCUT2D eigenvalue weighted by Gasteiger charge is 2.53. The van der Waals surface area contributed by atoms with Crippen molar-refractivity contribution in [2.24, 2.45) is 23.7 Å². The molecule has 0 N–H and O–H groups in total. The summed E-state index contributed by atoms with van der Waals surface area (Å²) in [5.41, 5.74) is 0. The van der Waals surface area contributed by atoms with Gasteiger partial charge in [0.2, 0.25) is 0 Å². The Labute approximate surface area is 191 Å². The molecule has 1 heterocycles. The molecule has 0 spiro atoms. The SMILES string of the molecule is C=CCOC1CCC2C(=O)C3CCCCC3OC2C1C(=O)C=CC1CCC(SC)CC1. The number of thioether (sulfide) groups is 1. The minimum Gasteiger partial charge on any atom is -0.373 e. The molecular weight excluding hydrogens is 408 g/mol. The zero-order valence-corrected chi connectivity index (χ0v) is 19.7. The van der Waals surface area contributed by atoms with Crippen LogP contribution in [0.3, 0.4) is 0 Å². The first-order valence-corrected chi connectivity index (χ1v) is 13.6. The third-order valence-electron chi connectivity index (χ3n) is 8.02. The Morgan fingerprint density at radius 2 is 1.87 bits per heavy atom. The predicted octanol–water partition coefficient (Wildman–Crippen LogP) is 5.16. The second-order valence-electron chi connectivity index (χ2n) is 9.84. The standard InChI is InChI=1S/C26H38O4S/c1-3-16-29-23-15-13-20-25(28)19-6-4-5-7-22(19)30-26(20)24(23)21(27)14-10-17-8-11-18(31-2)12-9-17/h3,10,14,17-20,22-24,26H,1,4-9,11-13,15-16H2,2H3. The Bertz CT molecular complexity index is 681. The minimum absolute atomic E-state index is 0.0123. The van der Waals surface area contributed by atoms with Crippen LogP contribution in [0.2, 0.25) is 0 Å². The van der Waals surface area contributed by atoms with Crippen LogP contribution in [0.4, 0.5) is 0 Å². The molecule has 1 aliphatic heterocycles. The highest BCUT2D eigenvalue weighted by molar-refractivity contribution is 7.99. The van der Waals surface area contributed by atoms with E-state index < -0.39 is 0 Å². The topological polar surface area (TPSA) is 52.6 Å². The van der Waals surface area contributed by atoms with E-state index >= 15 is 0 Å². The normalized spacial score (nSPS) is 40.9. The Balaban J connectivity index is 1.49. The molecule has 172 valence electrons. The van der Waals surface area contributed by atoms with Crippen LogP contribution in [0.1, 0.15) is 64.2 Å². The maximum absolute atomic E-state index is 13.5. The second-order valence-corrected chi connectivity index (χ2v) is 11.0. The lowest BCUT2D eigenvalue weighted by Crippen LogP contribution is -2.58. The van der Waals surface area contributed by atoms with Crippen molar-refractivity contribution in [3.8, 4) is 0 Å². The van der Waals surface area contributed by atoms with E-state index in [2.05, 4.69) is 18.9 Å². The zero-order chi connectivity index (χ0) is 21.8. The summed E-state index contributed by atoms with van der Waals surface area (Å²) in [6.45, 7) is 4.19. The van der Waals surface area contributed by atoms with Crippen LogP contribution in [0.15, 0.2) is 24.8 Å². The van der Waals surface area contributed by atoms with E-state index in [9.17, 15) is 9.59 Å². The van der Waals surface area contributed by atoms with Crippen molar-refractivity contribution in [1.82, 2.24) is 0 Å². The van der Waals surface area contributed by atoms with Crippen molar-refractivity contribution in [2.75, 3.05) is 12.9 Å². The molecule has 0 aromatic rings. The molecule has 0 radical (unpaired) electrons. The summed E-state index contributed by atoms with van der Waals surface area (Å²) >= 11 is 1.96. The van der Waals surface area contributed by atoms with Crippen LogP contribution in [-0.2, 0) is 19.1 Å². The summed E-state index contributed by atoms with van der Waals surface area (Å²) in [6.07, 6.45) is 17.7. The van der Waals surface area contributed by atoms with Crippen LogP contribution in [0.5, 0.6) is 0 Å². The Morgan fingerprint density at radius 3 is 2.61 bits per heavy atom. The largest absolute Gasteiger partial charge is 0.373 e. The van der Waals surface area contributed by atoms with Gasteiger partial charge in [-0.25, -0.2) is 0 Å². The first-order chi connectivity index (χ1) is 15.1. The third kappa shape index (κ3) is 5.20. The monoisotopic (exact) mass is 446 g/mol. The molecule has 6 atom stereocenters. The lowest BCUT2D eigenvalue weighted by atomic mass is 9.66. The molecule has 1 saturated heterocycles. The van der Waals surface area contributed by atoms with Crippen LogP contribution in [0, 0.1) is 23.7 Å². The summed E-state index contributed by atoms with van der Waals surface area (Å²) in [7, 11) is 0. The van der Waals surface area contributed by atoms with Crippen molar-refractivity contribution < 1.29 is 19.1 Å². The third-order valence-corrected chi connectivity index (χ3v) is 9.16. The molecular formula is C26H38O4S. The molecule has 6 unspecified atom stereocenters. The Kier molecular flexibility index (Phi) is 8.11. The van der Waals surface area contributed by atoms with Gasteiger partial charge < -0.3 is 9.47 Å². The summed E-state index contributed by atoms with van der Waals surface area (Å²) in [4.78, 5) is 26.7. The van der Waals surface area contributed by atoms with Crippen molar-refractivity contribution >= 4 is 23.3 Å². The summed E-state index contributed by atoms with van der Waals surface area (Å²) in [5.74, 6) is 0.416. The summed E-state index contributed by atoms with van der Waals surface area (Å²) in [6, 6.07) is 0. The number of hydrogen-bond donors (Lipinski definition) is 0. The Morgan fingerprint density at radius 1 is 1.10 bits per heavy atom. The van der Waals surface area contributed by atoms with E-state index in [-0.39, 0.29) is 41.8 Å². The van der Waals surface area contributed by atoms with Gasteiger partial charge in [-0.1, -0.05) is 25.0 Å². The number of hydrogen-bond acceptors (Lipinski definition) is 5. The number of ketones is 2. The predicted molar refractivity (Wildman–Crippen MR) is 125 cm³/mol. The molecule has 0 aromatic carbocycles. The molecule has 0 amide bonds. The fourth-order valence-electron chi connectivity index (χ4n) is 6.28.